The number of anilines is 1. The molecule has 2 aliphatic heterocycles. The number of carbonyl (C=O) groups excluding carboxylic acids is 2. The van der Waals surface area contributed by atoms with Crippen LogP contribution in [0.1, 0.15) is 28.9 Å². The minimum atomic E-state index is -0.549. The van der Waals surface area contributed by atoms with Gasteiger partial charge in [-0.15, -0.1) is 0 Å². The number of ether oxygens (including phenoxy) is 2. The number of carbonyl (C=O) groups is 2. The Hall–Kier alpha value is -3.86. The Balaban J connectivity index is 1.20. The number of pyridine rings is 2. The number of aromatic nitrogens is 2. The predicted molar refractivity (Wildman–Crippen MR) is 132 cm³/mol. The van der Waals surface area contributed by atoms with Gasteiger partial charge in [0.2, 0.25) is 0 Å². The van der Waals surface area contributed by atoms with Gasteiger partial charge in [0.05, 0.1) is 13.3 Å². The van der Waals surface area contributed by atoms with Crippen LogP contribution in [0.15, 0.2) is 30.5 Å². The summed E-state index contributed by atoms with van der Waals surface area (Å²) in [5.74, 6) is -0.565. The van der Waals surface area contributed by atoms with Crippen LogP contribution in [0.4, 0.5) is 14.6 Å². The highest BCUT2D eigenvalue weighted by Crippen LogP contribution is 2.29. The number of fused-ring (bicyclic) bond motifs is 2. The zero-order valence-corrected chi connectivity index (χ0v) is 20.6. The predicted octanol–water partition coefficient (Wildman–Crippen LogP) is 3.03. The van der Waals surface area contributed by atoms with Crippen molar-refractivity contribution in [1.29, 1.82) is 0 Å². The molecular formula is C26H27F2N5O4. The van der Waals surface area contributed by atoms with Crippen molar-refractivity contribution in [2.45, 2.75) is 25.3 Å². The monoisotopic (exact) mass is 511 g/mol. The molecule has 3 aromatic rings. The number of halogens is 2. The Morgan fingerprint density at radius 1 is 1.24 bits per heavy atom. The van der Waals surface area contributed by atoms with E-state index in [4.69, 9.17) is 9.47 Å². The van der Waals surface area contributed by atoms with Crippen LogP contribution in [-0.2, 0) is 11.2 Å². The lowest BCUT2D eigenvalue weighted by Gasteiger charge is -2.36. The number of piperidine rings is 1. The number of likely N-dealkylation sites (tertiary alicyclic amines) is 1. The van der Waals surface area contributed by atoms with Gasteiger partial charge >= 0.3 is 0 Å². The number of nitrogens with zero attached hydrogens (tertiary/aromatic N) is 4. The SMILES string of the molecule is COc1cc(F)c2ncc(F)c(CCN3CCC(N(C)C(=O)c4ccc5c(n4)NC(=O)CO5)CC3)c2c1. The number of nitrogens with one attached hydrogen (secondary N) is 1. The Kier molecular flexibility index (Phi) is 6.88. The molecule has 4 heterocycles. The van der Waals surface area contributed by atoms with E-state index in [1.807, 2.05) is 0 Å². The lowest BCUT2D eigenvalue weighted by molar-refractivity contribution is -0.118. The average molecular weight is 512 g/mol. The Morgan fingerprint density at radius 2 is 2.03 bits per heavy atom. The number of hydrogen-bond donors (Lipinski definition) is 1. The second-order valence-corrected chi connectivity index (χ2v) is 9.21. The molecule has 0 aliphatic carbocycles. The second kappa shape index (κ2) is 10.3. The van der Waals surface area contributed by atoms with E-state index in [-0.39, 0.29) is 41.5 Å². The molecule has 0 radical (unpaired) electrons. The maximum Gasteiger partial charge on any atom is 0.272 e. The summed E-state index contributed by atoms with van der Waals surface area (Å²) in [5, 5.41) is 3.03. The number of amides is 2. The van der Waals surface area contributed by atoms with Crippen molar-refractivity contribution in [3.8, 4) is 11.5 Å². The molecule has 2 amide bonds. The molecule has 1 N–H and O–H groups in total. The molecule has 0 spiro atoms. The summed E-state index contributed by atoms with van der Waals surface area (Å²) >= 11 is 0. The van der Waals surface area contributed by atoms with Crippen molar-refractivity contribution in [2.24, 2.45) is 0 Å². The molecule has 0 unspecified atom stereocenters. The highest BCUT2D eigenvalue weighted by molar-refractivity contribution is 5.97. The van der Waals surface area contributed by atoms with Gasteiger partial charge in [0.15, 0.2) is 24.0 Å². The van der Waals surface area contributed by atoms with E-state index in [0.717, 1.165) is 32.1 Å². The van der Waals surface area contributed by atoms with Gasteiger partial charge < -0.3 is 24.6 Å². The fourth-order valence-corrected chi connectivity index (χ4v) is 4.86. The lowest BCUT2D eigenvalue weighted by Crippen LogP contribution is -2.46. The van der Waals surface area contributed by atoms with Crippen molar-refractivity contribution >= 4 is 28.5 Å². The van der Waals surface area contributed by atoms with Gasteiger partial charge in [-0.3, -0.25) is 14.6 Å². The Morgan fingerprint density at radius 3 is 2.78 bits per heavy atom. The van der Waals surface area contributed by atoms with Crippen LogP contribution in [0, 0.1) is 11.6 Å². The van der Waals surface area contributed by atoms with E-state index in [9.17, 15) is 18.4 Å². The first-order valence-electron chi connectivity index (χ1n) is 12.1. The molecule has 1 fully saturated rings. The molecule has 1 saturated heterocycles. The van der Waals surface area contributed by atoms with Crippen LogP contribution >= 0.6 is 0 Å². The molecule has 5 rings (SSSR count). The molecule has 37 heavy (non-hydrogen) atoms. The minimum Gasteiger partial charge on any atom is -0.497 e. The standard InChI is InChI=1S/C26H27F2N5O4/c1-32(26(35)21-3-4-22-25(30-21)31-23(34)14-37-22)15-5-8-33(9-6-15)10-7-17-18-11-16(36-2)12-19(27)24(18)29-13-20(17)28/h3-4,11-13,15H,5-10,14H2,1-2H3,(H,30,31,34). The van der Waals surface area contributed by atoms with Crippen LogP contribution in [0.5, 0.6) is 11.5 Å². The lowest BCUT2D eigenvalue weighted by atomic mass is 10.0. The second-order valence-electron chi connectivity index (χ2n) is 9.21. The van der Waals surface area contributed by atoms with Gasteiger partial charge in [0, 0.05) is 49.7 Å². The van der Waals surface area contributed by atoms with Crippen molar-refractivity contribution in [2.75, 3.05) is 45.7 Å². The van der Waals surface area contributed by atoms with Crippen molar-refractivity contribution in [1.82, 2.24) is 19.8 Å². The van der Waals surface area contributed by atoms with Gasteiger partial charge in [-0.25, -0.2) is 13.8 Å². The van der Waals surface area contributed by atoms with E-state index in [0.29, 0.717) is 35.4 Å². The molecule has 0 saturated carbocycles. The van der Waals surface area contributed by atoms with E-state index < -0.39 is 11.6 Å². The zero-order chi connectivity index (χ0) is 26.1. The summed E-state index contributed by atoms with van der Waals surface area (Å²) < 4.78 is 39.5. The van der Waals surface area contributed by atoms with Crippen LogP contribution < -0.4 is 14.8 Å². The number of methoxy groups -OCH3 is 1. The first-order chi connectivity index (χ1) is 17.8. The fraction of sp³-hybridized carbons (Fsp3) is 0.385. The first kappa shape index (κ1) is 24.8. The summed E-state index contributed by atoms with van der Waals surface area (Å²) in [5.41, 5.74) is 0.766. The van der Waals surface area contributed by atoms with Crippen molar-refractivity contribution in [3.63, 3.8) is 0 Å². The third kappa shape index (κ3) is 5.04. The summed E-state index contributed by atoms with van der Waals surface area (Å²) in [6, 6.07) is 6.10. The molecule has 9 nitrogen and oxygen atoms in total. The van der Waals surface area contributed by atoms with E-state index in [1.165, 1.54) is 13.2 Å². The molecule has 11 heteroatoms. The normalized spacial score (nSPS) is 16.2. The largest absolute Gasteiger partial charge is 0.497 e. The third-order valence-corrected chi connectivity index (χ3v) is 6.99. The number of hydrogen-bond acceptors (Lipinski definition) is 7. The van der Waals surface area contributed by atoms with Crippen LogP contribution in [0.2, 0.25) is 0 Å². The molecule has 0 atom stereocenters. The average Bonchev–Trinajstić information content (AvgIpc) is 2.91. The summed E-state index contributed by atoms with van der Waals surface area (Å²) in [4.78, 5) is 36.7. The van der Waals surface area contributed by atoms with Gasteiger partial charge in [-0.1, -0.05) is 0 Å². The molecule has 2 aromatic heterocycles. The molecule has 0 bridgehead atoms. The zero-order valence-electron chi connectivity index (χ0n) is 20.6. The Bertz CT molecular complexity index is 1360. The summed E-state index contributed by atoms with van der Waals surface area (Å²) in [6.45, 7) is 1.97. The van der Waals surface area contributed by atoms with Crippen LogP contribution in [-0.4, -0.2) is 78.0 Å². The Labute approximate surface area is 212 Å². The quantitative estimate of drug-likeness (QED) is 0.544. The molecule has 1 aromatic carbocycles. The van der Waals surface area contributed by atoms with Crippen molar-refractivity contribution in [3.05, 3.63) is 53.4 Å². The topological polar surface area (TPSA) is 96.9 Å². The summed E-state index contributed by atoms with van der Waals surface area (Å²) in [7, 11) is 3.19. The van der Waals surface area contributed by atoms with E-state index >= 15 is 0 Å². The van der Waals surface area contributed by atoms with E-state index in [1.54, 1.807) is 30.1 Å². The van der Waals surface area contributed by atoms with Gasteiger partial charge in [0.1, 0.15) is 22.8 Å². The molecule has 194 valence electrons. The molecule has 2 aliphatic rings. The maximum atomic E-state index is 14.7. The van der Waals surface area contributed by atoms with E-state index in [2.05, 4.69) is 20.2 Å². The first-order valence-corrected chi connectivity index (χ1v) is 12.1. The number of benzene rings is 1. The van der Waals surface area contributed by atoms with Crippen molar-refractivity contribution < 1.29 is 27.8 Å². The third-order valence-electron chi connectivity index (χ3n) is 6.99. The smallest absolute Gasteiger partial charge is 0.272 e. The minimum absolute atomic E-state index is 0.0178. The van der Waals surface area contributed by atoms with Crippen LogP contribution in [0.25, 0.3) is 10.9 Å². The fourth-order valence-electron chi connectivity index (χ4n) is 4.86. The van der Waals surface area contributed by atoms with Gasteiger partial charge in [0.25, 0.3) is 11.8 Å². The van der Waals surface area contributed by atoms with Gasteiger partial charge in [-0.2, -0.15) is 0 Å². The number of rotatable bonds is 6. The molecular weight excluding hydrogens is 484 g/mol. The maximum absolute atomic E-state index is 14.7. The van der Waals surface area contributed by atoms with Gasteiger partial charge in [-0.05, 0) is 37.5 Å². The highest BCUT2D eigenvalue weighted by atomic mass is 19.1. The highest BCUT2D eigenvalue weighted by Gasteiger charge is 2.28. The summed E-state index contributed by atoms with van der Waals surface area (Å²) in [6.07, 6.45) is 2.94. The van der Waals surface area contributed by atoms with Crippen LogP contribution in [0.3, 0.4) is 0 Å².